The van der Waals surface area contributed by atoms with Crippen molar-refractivity contribution in [3.8, 4) is 5.75 Å². The van der Waals surface area contributed by atoms with Crippen LogP contribution in [0.3, 0.4) is 0 Å². The molecule has 0 fully saturated rings. The highest BCUT2D eigenvalue weighted by Crippen LogP contribution is 2.37. The summed E-state index contributed by atoms with van der Waals surface area (Å²) in [6.45, 7) is 0.620. The van der Waals surface area contributed by atoms with Crippen molar-refractivity contribution in [2.75, 3.05) is 19.0 Å². The molecule has 1 unspecified atom stereocenters. The maximum atomic E-state index is 11.7. The summed E-state index contributed by atoms with van der Waals surface area (Å²) >= 11 is 0. The van der Waals surface area contributed by atoms with E-state index in [-0.39, 0.29) is 11.8 Å². The van der Waals surface area contributed by atoms with E-state index in [2.05, 4.69) is 5.32 Å². The van der Waals surface area contributed by atoms with Crippen LogP contribution < -0.4 is 15.8 Å². The van der Waals surface area contributed by atoms with E-state index in [0.29, 0.717) is 6.54 Å². The number of amides is 1. The predicted octanol–water partition coefficient (Wildman–Crippen LogP) is 1.47. The fourth-order valence-corrected chi connectivity index (χ4v) is 2.04. The SMILES string of the molecule is COc1ccc2c(c1)NC(=O)C2CCCN. The quantitative estimate of drug-likeness (QED) is 0.807. The second-order valence-electron chi connectivity index (χ2n) is 3.93. The number of fused-ring (bicyclic) bond motifs is 1. The molecule has 0 aliphatic carbocycles. The van der Waals surface area contributed by atoms with Gasteiger partial charge in [0, 0.05) is 11.8 Å². The lowest BCUT2D eigenvalue weighted by Gasteiger charge is -2.07. The first-order valence-corrected chi connectivity index (χ1v) is 5.45. The molecule has 1 aromatic rings. The molecule has 86 valence electrons. The molecule has 1 aliphatic heterocycles. The fourth-order valence-electron chi connectivity index (χ4n) is 2.04. The summed E-state index contributed by atoms with van der Waals surface area (Å²) in [7, 11) is 1.62. The summed E-state index contributed by atoms with van der Waals surface area (Å²) < 4.78 is 5.12. The summed E-state index contributed by atoms with van der Waals surface area (Å²) in [5, 5.41) is 2.87. The van der Waals surface area contributed by atoms with E-state index in [9.17, 15) is 4.79 Å². The van der Waals surface area contributed by atoms with Gasteiger partial charge in [-0.3, -0.25) is 4.79 Å². The van der Waals surface area contributed by atoms with Gasteiger partial charge in [-0.25, -0.2) is 0 Å². The number of carbonyl (C=O) groups is 1. The highest BCUT2D eigenvalue weighted by atomic mass is 16.5. The molecule has 4 heteroatoms. The molecule has 0 spiro atoms. The fraction of sp³-hybridized carbons (Fsp3) is 0.417. The Morgan fingerprint density at radius 1 is 1.50 bits per heavy atom. The van der Waals surface area contributed by atoms with Gasteiger partial charge in [0.25, 0.3) is 0 Å². The third-order valence-electron chi connectivity index (χ3n) is 2.91. The van der Waals surface area contributed by atoms with E-state index in [4.69, 9.17) is 10.5 Å². The topological polar surface area (TPSA) is 64.3 Å². The molecule has 0 saturated carbocycles. The van der Waals surface area contributed by atoms with Crippen molar-refractivity contribution in [2.24, 2.45) is 5.73 Å². The van der Waals surface area contributed by atoms with Gasteiger partial charge in [-0.1, -0.05) is 6.07 Å². The molecule has 1 aliphatic rings. The van der Waals surface area contributed by atoms with Gasteiger partial charge in [-0.15, -0.1) is 0 Å². The van der Waals surface area contributed by atoms with E-state index in [1.807, 2.05) is 18.2 Å². The van der Waals surface area contributed by atoms with Gasteiger partial charge in [0.1, 0.15) is 5.75 Å². The summed E-state index contributed by atoms with van der Waals surface area (Å²) in [6.07, 6.45) is 1.67. The Hall–Kier alpha value is -1.55. The number of nitrogens with two attached hydrogens (primary N) is 1. The number of hydrogen-bond donors (Lipinski definition) is 2. The normalized spacial score (nSPS) is 18.1. The predicted molar refractivity (Wildman–Crippen MR) is 62.7 cm³/mol. The molecule has 0 saturated heterocycles. The van der Waals surface area contributed by atoms with Crippen LogP contribution in [0, 0.1) is 0 Å². The Balaban J connectivity index is 2.24. The minimum absolute atomic E-state index is 0.0514. The van der Waals surface area contributed by atoms with Crippen LogP contribution in [0.4, 0.5) is 5.69 Å². The summed E-state index contributed by atoms with van der Waals surface area (Å²) in [4.78, 5) is 11.7. The van der Waals surface area contributed by atoms with E-state index in [1.165, 1.54) is 0 Å². The molecular weight excluding hydrogens is 204 g/mol. The molecule has 1 aromatic carbocycles. The number of methoxy groups -OCH3 is 1. The lowest BCUT2D eigenvalue weighted by Crippen LogP contribution is -2.13. The van der Waals surface area contributed by atoms with Crippen LogP contribution in [0.1, 0.15) is 24.3 Å². The molecule has 1 atom stereocenters. The summed E-state index contributed by atoms with van der Waals surface area (Å²) in [5.41, 5.74) is 7.39. The molecule has 3 N–H and O–H groups in total. The molecule has 16 heavy (non-hydrogen) atoms. The van der Waals surface area contributed by atoms with Crippen LogP contribution in [0.25, 0.3) is 0 Å². The first kappa shape index (κ1) is 11.0. The lowest BCUT2D eigenvalue weighted by atomic mass is 9.96. The summed E-state index contributed by atoms with van der Waals surface area (Å²) in [6, 6.07) is 5.69. The number of nitrogens with one attached hydrogen (secondary N) is 1. The smallest absolute Gasteiger partial charge is 0.232 e. The molecule has 0 bridgehead atoms. The molecular formula is C12H16N2O2. The zero-order valence-corrected chi connectivity index (χ0v) is 9.32. The maximum absolute atomic E-state index is 11.7. The highest BCUT2D eigenvalue weighted by Gasteiger charge is 2.29. The van der Waals surface area contributed by atoms with Gasteiger partial charge in [-0.05, 0) is 31.0 Å². The van der Waals surface area contributed by atoms with Gasteiger partial charge < -0.3 is 15.8 Å². The third kappa shape index (κ3) is 1.88. The van der Waals surface area contributed by atoms with Crippen LogP contribution in [0.2, 0.25) is 0 Å². The van der Waals surface area contributed by atoms with Crippen LogP contribution in [0.15, 0.2) is 18.2 Å². The number of benzene rings is 1. The van der Waals surface area contributed by atoms with Crippen LogP contribution in [-0.4, -0.2) is 19.6 Å². The minimum Gasteiger partial charge on any atom is -0.497 e. The van der Waals surface area contributed by atoms with E-state index >= 15 is 0 Å². The average molecular weight is 220 g/mol. The lowest BCUT2D eigenvalue weighted by molar-refractivity contribution is -0.117. The number of ether oxygens (including phenoxy) is 1. The standard InChI is InChI=1S/C12H16N2O2/c1-16-8-4-5-9-10(3-2-6-13)12(15)14-11(9)7-8/h4-5,7,10H,2-3,6,13H2,1H3,(H,14,15). The zero-order chi connectivity index (χ0) is 11.5. The molecule has 1 heterocycles. The van der Waals surface area contributed by atoms with Crippen LogP contribution in [0.5, 0.6) is 5.75 Å². The molecule has 0 aromatic heterocycles. The maximum Gasteiger partial charge on any atom is 0.232 e. The van der Waals surface area contributed by atoms with Gasteiger partial charge in [0.15, 0.2) is 0 Å². The minimum atomic E-state index is -0.0514. The van der Waals surface area contributed by atoms with Crippen molar-refractivity contribution >= 4 is 11.6 Å². The van der Waals surface area contributed by atoms with Gasteiger partial charge in [-0.2, -0.15) is 0 Å². The van der Waals surface area contributed by atoms with Crippen molar-refractivity contribution in [1.82, 2.24) is 0 Å². The zero-order valence-electron chi connectivity index (χ0n) is 9.32. The largest absolute Gasteiger partial charge is 0.497 e. The van der Waals surface area contributed by atoms with Crippen molar-refractivity contribution < 1.29 is 9.53 Å². The third-order valence-corrected chi connectivity index (χ3v) is 2.91. The Labute approximate surface area is 94.8 Å². The van der Waals surface area contributed by atoms with Crippen LogP contribution >= 0.6 is 0 Å². The number of rotatable bonds is 4. The van der Waals surface area contributed by atoms with Gasteiger partial charge in [0.2, 0.25) is 5.91 Å². The van der Waals surface area contributed by atoms with Crippen molar-refractivity contribution in [3.05, 3.63) is 23.8 Å². The van der Waals surface area contributed by atoms with Crippen molar-refractivity contribution in [1.29, 1.82) is 0 Å². The second-order valence-corrected chi connectivity index (χ2v) is 3.93. The molecule has 1 amide bonds. The Bertz CT molecular complexity index is 404. The first-order chi connectivity index (χ1) is 7.76. The number of hydrogen-bond acceptors (Lipinski definition) is 3. The van der Waals surface area contributed by atoms with Crippen LogP contribution in [-0.2, 0) is 4.79 Å². The molecule has 4 nitrogen and oxygen atoms in total. The second kappa shape index (κ2) is 4.53. The van der Waals surface area contributed by atoms with Crippen molar-refractivity contribution in [2.45, 2.75) is 18.8 Å². The Morgan fingerprint density at radius 2 is 2.31 bits per heavy atom. The number of anilines is 1. The van der Waals surface area contributed by atoms with Gasteiger partial charge in [0.05, 0.1) is 13.0 Å². The van der Waals surface area contributed by atoms with Crippen molar-refractivity contribution in [3.63, 3.8) is 0 Å². The Kier molecular flexibility index (Phi) is 3.10. The monoisotopic (exact) mass is 220 g/mol. The van der Waals surface area contributed by atoms with E-state index < -0.39 is 0 Å². The molecule has 0 radical (unpaired) electrons. The van der Waals surface area contributed by atoms with E-state index in [0.717, 1.165) is 29.8 Å². The Morgan fingerprint density at radius 3 is 3.00 bits per heavy atom. The highest BCUT2D eigenvalue weighted by molar-refractivity contribution is 6.03. The van der Waals surface area contributed by atoms with E-state index in [1.54, 1.807) is 7.11 Å². The summed E-state index contributed by atoms with van der Waals surface area (Å²) in [5.74, 6) is 0.777. The first-order valence-electron chi connectivity index (χ1n) is 5.45. The number of carbonyl (C=O) groups excluding carboxylic acids is 1. The average Bonchev–Trinajstić information content (AvgIpc) is 2.61. The molecule has 2 rings (SSSR count). The van der Waals surface area contributed by atoms with Gasteiger partial charge >= 0.3 is 0 Å².